The molecule has 3 heteroatoms. The third-order valence-electron chi connectivity index (χ3n) is 4.33. The van der Waals surface area contributed by atoms with Crippen molar-refractivity contribution in [1.82, 2.24) is 5.32 Å². The summed E-state index contributed by atoms with van der Waals surface area (Å²) in [4.78, 5) is 0. The highest BCUT2D eigenvalue weighted by Crippen LogP contribution is 2.45. The van der Waals surface area contributed by atoms with Crippen LogP contribution in [0.5, 0.6) is 0 Å². The highest BCUT2D eigenvalue weighted by molar-refractivity contribution is 7.99. The van der Waals surface area contributed by atoms with Crippen LogP contribution in [0.15, 0.2) is 0 Å². The van der Waals surface area contributed by atoms with E-state index in [-0.39, 0.29) is 0 Å². The minimum atomic E-state index is 0.299. The largest absolute Gasteiger partial charge is 0.375 e. The molecular formula is C14H27NOS. The Balaban J connectivity index is 1.87. The number of nitrogens with one attached hydrogen (secondary N) is 1. The Morgan fingerprint density at radius 2 is 2.24 bits per heavy atom. The first-order valence-electron chi connectivity index (χ1n) is 7.25. The van der Waals surface area contributed by atoms with Crippen LogP contribution in [0.2, 0.25) is 0 Å². The zero-order chi connectivity index (χ0) is 12.1. The summed E-state index contributed by atoms with van der Waals surface area (Å²) in [6, 6.07) is 0.700. The molecule has 1 spiro atoms. The second-order valence-corrected chi connectivity index (χ2v) is 6.78. The van der Waals surface area contributed by atoms with Gasteiger partial charge in [-0.2, -0.15) is 11.8 Å². The van der Waals surface area contributed by atoms with Crippen molar-refractivity contribution in [3.05, 3.63) is 0 Å². The molecule has 100 valence electrons. The van der Waals surface area contributed by atoms with Gasteiger partial charge in [0.2, 0.25) is 0 Å². The third kappa shape index (κ3) is 3.39. The van der Waals surface area contributed by atoms with Crippen LogP contribution < -0.4 is 5.32 Å². The molecule has 1 saturated heterocycles. The van der Waals surface area contributed by atoms with Crippen LogP contribution in [0.1, 0.15) is 46.0 Å². The van der Waals surface area contributed by atoms with Gasteiger partial charge in [-0.05, 0) is 50.3 Å². The maximum atomic E-state index is 6.03. The summed E-state index contributed by atoms with van der Waals surface area (Å²) in [5.41, 5.74) is 0.299. The highest BCUT2D eigenvalue weighted by Gasteiger charge is 2.44. The van der Waals surface area contributed by atoms with Crippen molar-refractivity contribution in [1.29, 1.82) is 0 Å². The van der Waals surface area contributed by atoms with Crippen molar-refractivity contribution in [3.8, 4) is 0 Å². The summed E-state index contributed by atoms with van der Waals surface area (Å²) in [7, 11) is 0. The van der Waals surface area contributed by atoms with Gasteiger partial charge in [-0.15, -0.1) is 0 Å². The number of thioether (sulfide) groups is 1. The maximum Gasteiger partial charge on any atom is 0.0685 e. The van der Waals surface area contributed by atoms with Gasteiger partial charge in [-0.3, -0.25) is 0 Å². The molecule has 2 unspecified atom stereocenters. The topological polar surface area (TPSA) is 21.3 Å². The molecule has 2 aliphatic rings. The van der Waals surface area contributed by atoms with Gasteiger partial charge < -0.3 is 10.1 Å². The van der Waals surface area contributed by atoms with Gasteiger partial charge in [-0.25, -0.2) is 0 Å². The van der Waals surface area contributed by atoms with Crippen LogP contribution in [0.4, 0.5) is 0 Å². The number of ether oxygens (including phenoxy) is 1. The van der Waals surface area contributed by atoms with Crippen LogP contribution in [0.25, 0.3) is 0 Å². The molecule has 0 bridgehead atoms. The molecule has 2 atom stereocenters. The molecule has 17 heavy (non-hydrogen) atoms. The van der Waals surface area contributed by atoms with E-state index in [1.54, 1.807) is 0 Å². The van der Waals surface area contributed by atoms with Gasteiger partial charge in [0.1, 0.15) is 0 Å². The van der Waals surface area contributed by atoms with Gasteiger partial charge >= 0.3 is 0 Å². The average Bonchev–Trinajstić information content (AvgIpc) is 2.33. The first kappa shape index (κ1) is 13.7. The summed E-state index contributed by atoms with van der Waals surface area (Å²) in [6.07, 6.45) is 6.55. The second kappa shape index (κ2) is 6.44. The van der Waals surface area contributed by atoms with E-state index in [0.29, 0.717) is 11.6 Å². The minimum absolute atomic E-state index is 0.299. The van der Waals surface area contributed by atoms with E-state index >= 15 is 0 Å². The zero-order valence-electron chi connectivity index (χ0n) is 11.3. The molecule has 0 aromatic rings. The van der Waals surface area contributed by atoms with Gasteiger partial charge in [0.05, 0.1) is 5.60 Å². The molecule has 2 nitrogen and oxygen atoms in total. The van der Waals surface area contributed by atoms with Crippen LogP contribution in [-0.4, -0.2) is 36.3 Å². The van der Waals surface area contributed by atoms with Gasteiger partial charge in [0.25, 0.3) is 0 Å². The van der Waals surface area contributed by atoms with Crippen molar-refractivity contribution in [2.45, 2.75) is 57.6 Å². The molecule has 1 saturated carbocycles. The summed E-state index contributed by atoms with van der Waals surface area (Å²) < 4.78 is 6.03. The predicted octanol–water partition coefficient (Wildman–Crippen LogP) is 3.07. The lowest BCUT2D eigenvalue weighted by molar-refractivity contribution is -0.146. The van der Waals surface area contributed by atoms with E-state index in [0.717, 1.165) is 19.1 Å². The number of hydrogen-bond acceptors (Lipinski definition) is 3. The Hall–Kier alpha value is 0.270. The fraction of sp³-hybridized carbons (Fsp3) is 1.00. The second-order valence-electron chi connectivity index (χ2n) is 5.46. The van der Waals surface area contributed by atoms with Crippen molar-refractivity contribution in [2.75, 3.05) is 24.7 Å². The third-order valence-corrected chi connectivity index (χ3v) is 5.34. The summed E-state index contributed by atoms with van der Waals surface area (Å²) in [5, 5.41) is 3.70. The smallest absolute Gasteiger partial charge is 0.0685 e. The molecule has 2 fully saturated rings. The molecule has 1 heterocycles. The summed E-state index contributed by atoms with van der Waals surface area (Å²) in [5.74, 6) is 3.34. The van der Waals surface area contributed by atoms with Crippen LogP contribution >= 0.6 is 11.8 Å². The minimum Gasteiger partial charge on any atom is -0.375 e. The molecule has 2 rings (SSSR count). The van der Waals surface area contributed by atoms with Crippen molar-refractivity contribution in [3.63, 3.8) is 0 Å². The fourth-order valence-electron chi connectivity index (χ4n) is 3.20. The maximum absolute atomic E-state index is 6.03. The van der Waals surface area contributed by atoms with Gasteiger partial charge in [-0.1, -0.05) is 13.8 Å². The quantitative estimate of drug-likeness (QED) is 0.790. The Morgan fingerprint density at radius 3 is 2.82 bits per heavy atom. The van der Waals surface area contributed by atoms with Gasteiger partial charge in [0.15, 0.2) is 0 Å². The fourth-order valence-corrected chi connectivity index (χ4v) is 4.08. The predicted molar refractivity (Wildman–Crippen MR) is 75.7 cm³/mol. The molecular weight excluding hydrogens is 230 g/mol. The van der Waals surface area contributed by atoms with E-state index in [1.165, 1.54) is 43.6 Å². The molecule has 0 aromatic heterocycles. The molecule has 1 aliphatic heterocycles. The lowest BCUT2D eigenvalue weighted by atomic mass is 9.70. The number of rotatable bonds is 6. The SMILES string of the molecule is CCNC(CSCC)C1CCOC2(CCC2)C1. The average molecular weight is 257 g/mol. The standard InChI is InChI=1S/C14H27NOS/c1-3-15-13(11-17-4-2)12-6-9-16-14(10-12)7-5-8-14/h12-13,15H,3-11H2,1-2H3. The zero-order valence-corrected chi connectivity index (χ0v) is 12.2. The van der Waals surface area contributed by atoms with Crippen molar-refractivity contribution < 1.29 is 4.74 Å². The van der Waals surface area contributed by atoms with Crippen LogP contribution in [0, 0.1) is 5.92 Å². The molecule has 1 aliphatic carbocycles. The molecule has 1 N–H and O–H groups in total. The first-order valence-corrected chi connectivity index (χ1v) is 8.40. The molecule has 0 aromatic carbocycles. The van der Waals surface area contributed by atoms with Crippen LogP contribution in [-0.2, 0) is 4.74 Å². The highest BCUT2D eigenvalue weighted by atomic mass is 32.2. The van der Waals surface area contributed by atoms with Crippen molar-refractivity contribution in [2.24, 2.45) is 5.92 Å². The monoisotopic (exact) mass is 257 g/mol. The van der Waals surface area contributed by atoms with Crippen molar-refractivity contribution >= 4 is 11.8 Å². The molecule has 0 radical (unpaired) electrons. The Labute approximate surface area is 110 Å². The Morgan fingerprint density at radius 1 is 1.41 bits per heavy atom. The van der Waals surface area contributed by atoms with E-state index in [9.17, 15) is 0 Å². The Kier molecular flexibility index (Phi) is 5.19. The lowest BCUT2D eigenvalue weighted by Gasteiger charge is -2.49. The van der Waals surface area contributed by atoms with E-state index in [1.807, 2.05) is 0 Å². The van der Waals surface area contributed by atoms with E-state index in [4.69, 9.17) is 4.74 Å². The lowest BCUT2D eigenvalue weighted by Crippen LogP contribution is -2.51. The summed E-state index contributed by atoms with van der Waals surface area (Å²) >= 11 is 2.07. The normalized spacial score (nSPS) is 28.9. The summed E-state index contributed by atoms with van der Waals surface area (Å²) in [6.45, 7) is 6.57. The van der Waals surface area contributed by atoms with Crippen LogP contribution in [0.3, 0.4) is 0 Å². The Bertz CT molecular complexity index is 230. The van der Waals surface area contributed by atoms with E-state index in [2.05, 4.69) is 30.9 Å². The molecule has 0 amide bonds. The first-order chi connectivity index (χ1) is 8.29. The van der Waals surface area contributed by atoms with E-state index < -0.39 is 0 Å². The number of hydrogen-bond donors (Lipinski definition) is 1. The van der Waals surface area contributed by atoms with Gasteiger partial charge in [0, 0.05) is 18.4 Å².